The van der Waals surface area contributed by atoms with E-state index < -0.39 is 0 Å². The molecule has 0 radical (unpaired) electrons. The third-order valence-electron chi connectivity index (χ3n) is 7.11. The molecule has 5 aliphatic rings. The number of anilines is 1. The SMILES string of the molecule is O=C(NCC12CC3CC(CC(C3)C1)C2)c1ccc(N2CCNCC2)nn1. The average molecular weight is 355 g/mol. The maximum Gasteiger partial charge on any atom is 0.271 e. The van der Waals surface area contributed by atoms with E-state index in [0.717, 1.165) is 56.3 Å². The van der Waals surface area contributed by atoms with Crippen molar-refractivity contribution >= 4 is 11.7 Å². The fourth-order valence-corrected chi connectivity index (χ4v) is 6.37. The highest BCUT2D eigenvalue weighted by atomic mass is 16.1. The fourth-order valence-electron chi connectivity index (χ4n) is 6.37. The fraction of sp³-hybridized carbons (Fsp3) is 0.750. The third kappa shape index (κ3) is 3.08. The van der Waals surface area contributed by atoms with Gasteiger partial charge < -0.3 is 15.5 Å². The smallest absolute Gasteiger partial charge is 0.271 e. The zero-order valence-electron chi connectivity index (χ0n) is 15.4. The Labute approximate surface area is 155 Å². The summed E-state index contributed by atoms with van der Waals surface area (Å²) in [6, 6.07) is 3.75. The maximum absolute atomic E-state index is 12.6. The minimum atomic E-state index is -0.0693. The van der Waals surface area contributed by atoms with Gasteiger partial charge in [-0.05, 0) is 73.8 Å². The van der Waals surface area contributed by atoms with E-state index in [9.17, 15) is 4.79 Å². The van der Waals surface area contributed by atoms with Gasteiger partial charge in [-0.1, -0.05) is 0 Å². The number of carbonyl (C=O) groups excluding carboxylic acids is 1. The summed E-state index contributed by atoms with van der Waals surface area (Å²) in [7, 11) is 0. The van der Waals surface area contributed by atoms with E-state index in [4.69, 9.17) is 0 Å². The summed E-state index contributed by atoms with van der Waals surface area (Å²) < 4.78 is 0. The molecule has 1 aromatic rings. The lowest BCUT2D eigenvalue weighted by atomic mass is 9.49. The van der Waals surface area contributed by atoms with Crippen molar-refractivity contribution < 1.29 is 4.79 Å². The Kier molecular flexibility index (Phi) is 4.11. The number of nitrogens with zero attached hydrogens (tertiary/aromatic N) is 3. The molecule has 0 spiro atoms. The highest BCUT2D eigenvalue weighted by Crippen LogP contribution is 2.59. The number of nitrogens with one attached hydrogen (secondary N) is 2. The lowest BCUT2D eigenvalue weighted by Gasteiger charge is -2.56. The van der Waals surface area contributed by atoms with Crippen LogP contribution in [0.25, 0.3) is 0 Å². The van der Waals surface area contributed by atoms with Gasteiger partial charge in [0.2, 0.25) is 0 Å². The third-order valence-corrected chi connectivity index (χ3v) is 7.11. The first kappa shape index (κ1) is 16.5. The lowest BCUT2D eigenvalue weighted by molar-refractivity contribution is -0.0503. The van der Waals surface area contributed by atoms with E-state index in [0.29, 0.717) is 11.1 Å². The second-order valence-corrected chi connectivity index (χ2v) is 9.11. The van der Waals surface area contributed by atoms with Crippen LogP contribution in [0.1, 0.15) is 49.0 Å². The summed E-state index contributed by atoms with van der Waals surface area (Å²) in [5.74, 6) is 3.54. The number of carbonyl (C=O) groups is 1. The monoisotopic (exact) mass is 355 g/mol. The average Bonchev–Trinajstić information content (AvgIpc) is 2.66. The van der Waals surface area contributed by atoms with Crippen molar-refractivity contribution in [3.05, 3.63) is 17.8 Å². The first-order valence-corrected chi connectivity index (χ1v) is 10.3. The van der Waals surface area contributed by atoms with Gasteiger partial charge in [-0.3, -0.25) is 4.79 Å². The van der Waals surface area contributed by atoms with Gasteiger partial charge in [-0.25, -0.2) is 0 Å². The molecular formula is C20H29N5O. The molecule has 1 saturated heterocycles. The Morgan fingerprint density at radius 1 is 1.08 bits per heavy atom. The van der Waals surface area contributed by atoms with Gasteiger partial charge in [0, 0.05) is 32.7 Å². The Balaban J connectivity index is 1.21. The predicted molar refractivity (Wildman–Crippen MR) is 100 cm³/mol. The van der Waals surface area contributed by atoms with Crippen LogP contribution in [0, 0.1) is 23.2 Å². The molecule has 1 amide bonds. The van der Waals surface area contributed by atoms with E-state index in [-0.39, 0.29) is 5.91 Å². The highest BCUT2D eigenvalue weighted by Gasteiger charge is 2.50. The number of aromatic nitrogens is 2. The van der Waals surface area contributed by atoms with Crippen LogP contribution in [-0.2, 0) is 0 Å². The van der Waals surface area contributed by atoms with E-state index in [1.54, 1.807) is 0 Å². The van der Waals surface area contributed by atoms with Crippen molar-refractivity contribution in [2.24, 2.45) is 23.2 Å². The van der Waals surface area contributed by atoms with Gasteiger partial charge in [-0.2, -0.15) is 0 Å². The molecule has 0 atom stereocenters. The Morgan fingerprint density at radius 3 is 2.31 bits per heavy atom. The van der Waals surface area contributed by atoms with Crippen molar-refractivity contribution in [3.63, 3.8) is 0 Å². The van der Waals surface area contributed by atoms with Crippen molar-refractivity contribution in [2.45, 2.75) is 38.5 Å². The quantitative estimate of drug-likeness (QED) is 0.862. The molecule has 4 bridgehead atoms. The van der Waals surface area contributed by atoms with Crippen molar-refractivity contribution in [1.82, 2.24) is 20.8 Å². The Morgan fingerprint density at radius 2 is 1.73 bits per heavy atom. The summed E-state index contributed by atoms with van der Waals surface area (Å²) >= 11 is 0. The van der Waals surface area contributed by atoms with Crippen LogP contribution in [0.15, 0.2) is 12.1 Å². The van der Waals surface area contributed by atoms with Crippen molar-refractivity contribution in [3.8, 4) is 0 Å². The molecule has 0 unspecified atom stereocenters. The summed E-state index contributed by atoms with van der Waals surface area (Å²) in [5.41, 5.74) is 0.798. The van der Waals surface area contributed by atoms with Crippen LogP contribution < -0.4 is 15.5 Å². The molecule has 6 heteroatoms. The Bertz CT molecular complexity index is 632. The second kappa shape index (κ2) is 6.48. The molecule has 26 heavy (non-hydrogen) atoms. The van der Waals surface area contributed by atoms with Crippen molar-refractivity contribution in [1.29, 1.82) is 0 Å². The normalized spacial score (nSPS) is 35.5. The largest absolute Gasteiger partial charge is 0.353 e. The maximum atomic E-state index is 12.6. The van der Waals surface area contributed by atoms with Crippen molar-refractivity contribution in [2.75, 3.05) is 37.6 Å². The van der Waals surface area contributed by atoms with Crippen LogP contribution in [-0.4, -0.2) is 48.8 Å². The molecule has 5 fully saturated rings. The molecular weight excluding hydrogens is 326 g/mol. The van der Waals surface area contributed by atoms with E-state index >= 15 is 0 Å². The Hall–Kier alpha value is -1.69. The zero-order chi connectivity index (χ0) is 17.6. The van der Waals surface area contributed by atoms with Gasteiger partial charge in [0.1, 0.15) is 0 Å². The number of hydrogen-bond acceptors (Lipinski definition) is 5. The van der Waals surface area contributed by atoms with Crippen LogP contribution in [0.5, 0.6) is 0 Å². The highest BCUT2D eigenvalue weighted by molar-refractivity contribution is 5.92. The molecule has 2 N–H and O–H groups in total. The number of hydrogen-bond donors (Lipinski definition) is 2. The van der Waals surface area contributed by atoms with E-state index in [2.05, 4.69) is 25.7 Å². The summed E-state index contributed by atoms with van der Waals surface area (Å²) in [5, 5.41) is 15.0. The first-order chi connectivity index (χ1) is 12.7. The summed E-state index contributed by atoms with van der Waals surface area (Å²) in [4.78, 5) is 14.8. The summed E-state index contributed by atoms with van der Waals surface area (Å²) in [6.45, 7) is 4.62. The van der Waals surface area contributed by atoms with Crippen LogP contribution >= 0.6 is 0 Å². The van der Waals surface area contributed by atoms with Gasteiger partial charge in [0.25, 0.3) is 5.91 Å². The lowest BCUT2D eigenvalue weighted by Crippen LogP contribution is -2.51. The molecule has 6 rings (SSSR count). The van der Waals surface area contributed by atoms with Gasteiger partial charge in [-0.15, -0.1) is 10.2 Å². The molecule has 1 aromatic heterocycles. The molecule has 6 nitrogen and oxygen atoms in total. The molecule has 0 aromatic carbocycles. The zero-order valence-corrected chi connectivity index (χ0v) is 15.4. The van der Waals surface area contributed by atoms with Crippen LogP contribution in [0.2, 0.25) is 0 Å². The molecule has 140 valence electrons. The number of rotatable bonds is 4. The molecule has 2 heterocycles. The molecule has 4 saturated carbocycles. The van der Waals surface area contributed by atoms with Gasteiger partial charge in [0.15, 0.2) is 11.5 Å². The van der Waals surface area contributed by atoms with Gasteiger partial charge in [0.05, 0.1) is 0 Å². The van der Waals surface area contributed by atoms with E-state index in [1.807, 2.05) is 12.1 Å². The molecule has 4 aliphatic carbocycles. The first-order valence-electron chi connectivity index (χ1n) is 10.3. The predicted octanol–water partition coefficient (Wildman–Crippen LogP) is 1.83. The standard InChI is InChI=1S/C20H29N5O/c26-19(17-1-2-18(24-23-17)25-5-3-21-4-6-25)22-13-20-10-14-7-15(11-20)9-16(8-14)12-20/h1-2,14-16,21H,3-13H2,(H,22,26). The number of piperazine rings is 1. The summed E-state index contributed by atoms with van der Waals surface area (Å²) in [6.07, 6.45) is 8.25. The van der Waals surface area contributed by atoms with Gasteiger partial charge >= 0.3 is 0 Å². The van der Waals surface area contributed by atoms with E-state index in [1.165, 1.54) is 38.5 Å². The van der Waals surface area contributed by atoms with Crippen LogP contribution in [0.3, 0.4) is 0 Å². The minimum Gasteiger partial charge on any atom is -0.353 e. The van der Waals surface area contributed by atoms with Crippen LogP contribution in [0.4, 0.5) is 5.82 Å². The molecule has 1 aliphatic heterocycles. The topological polar surface area (TPSA) is 70.2 Å². The minimum absolute atomic E-state index is 0.0693. The second-order valence-electron chi connectivity index (χ2n) is 9.11. The number of amides is 1.